The fourth-order valence-corrected chi connectivity index (χ4v) is 3.56. The molecule has 3 nitrogen and oxygen atoms in total. The van der Waals surface area contributed by atoms with Gasteiger partial charge in [-0.1, -0.05) is 47.5 Å². The van der Waals surface area contributed by atoms with E-state index in [4.69, 9.17) is 27.9 Å². The van der Waals surface area contributed by atoms with Gasteiger partial charge in [-0.25, -0.2) is 0 Å². The third kappa shape index (κ3) is 5.87. The van der Waals surface area contributed by atoms with E-state index in [1.54, 1.807) is 6.07 Å². The number of para-hydroxylation sites is 1. The first-order chi connectivity index (χ1) is 12.7. The highest BCUT2D eigenvalue weighted by atomic mass is 35.5. The van der Waals surface area contributed by atoms with Crippen molar-refractivity contribution in [3.05, 3.63) is 69.8 Å². The Kier molecular flexibility index (Phi) is 8.94. The quantitative estimate of drug-likeness (QED) is 0.532. The van der Waals surface area contributed by atoms with Crippen molar-refractivity contribution in [1.29, 1.82) is 0 Å². The molecule has 2 aromatic carbocycles. The van der Waals surface area contributed by atoms with E-state index in [-0.39, 0.29) is 12.4 Å². The van der Waals surface area contributed by atoms with E-state index in [1.807, 2.05) is 19.1 Å². The summed E-state index contributed by atoms with van der Waals surface area (Å²) < 4.78 is 7.63. The number of fused-ring (bicyclic) bond motifs is 1. The molecule has 1 aromatic heterocycles. The molecule has 6 heteroatoms. The van der Waals surface area contributed by atoms with Gasteiger partial charge in [-0.15, -0.1) is 0 Å². The van der Waals surface area contributed by atoms with Crippen LogP contribution in [0.3, 0.4) is 0 Å². The zero-order chi connectivity index (χ0) is 18.4. The summed E-state index contributed by atoms with van der Waals surface area (Å²) in [5.41, 5.74) is 3.57. The molecular weight excluding hydrogens is 403 g/mol. The first-order valence-corrected chi connectivity index (χ1v) is 9.73. The highest BCUT2D eigenvalue weighted by molar-refractivity contribution is 6.35. The van der Waals surface area contributed by atoms with Crippen LogP contribution in [0.25, 0.3) is 10.9 Å². The minimum atomic E-state index is 0. The third-order valence-corrected chi connectivity index (χ3v) is 4.98. The molecular formula is C21H24Cl3N2O-. The molecule has 0 aliphatic heterocycles. The SMILES string of the molecule is CCOCCCNCc1cn(Cc2ccc(Cl)cc2Cl)c2ccccc12.[Cl-]. The van der Waals surface area contributed by atoms with Crippen LogP contribution in [0.1, 0.15) is 24.5 Å². The number of aromatic nitrogens is 1. The average Bonchev–Trinajstić information content (AvgIpc) is 2.98. The maximum atomic E-state index is 6.36. The minimum absolute atomic E-state index is 0. The molecule has 0 amide bonds. The Labute approximate surface area is 177 Å². The van der Waals surface area contributed by atoms with Crippen LogP contribution < -0.4 is 17.7 Å². The smallest absolute Gasteiger partial charge is 0.0491 e. The second-order valence-corrected chi connectivity index (χ2v) is 7.11. The van der Waals surface area contributed by atoms with Gasteiger partial charge >= 0.3 is 0 Å². The van der Waals surface area contributed by atoms with Crippen molar-refractivity contribution >= 4 is 34.1 Å². The van der Waals surface area contributed by atoms with Crippen molar-refractivity contribution in [3.8, 4) is 0 Å². The maximum absolute atomic E-state index is 6.36. The van der Waals surface area contributed by atoms with Gasteiger partial charge in [0.2, 0.25) is 0 Å². The molecule has 0 saturated carbocycles. The van der Waals surface area contributed by atoms with E-state index in [2.05, 4.69) is 40.3 Å². The minimum Gasteiger partial charge on any atom is -1.00 e. The van der Waals surface area contributed by atoms with Crippen molar-refractivity contribution in [1.82, 2.24) is 9.88 Å². The standard InChI is InChI=1S/C21H24Cl2N2O.ClH/c1-2-26-11-5-10-24-13-17-15-25(21-7-4-3-6-19(17)21)14-16-8-9-18(22)12-20(16)23;/h3-4,6-9,12,15,24H,2,5,10-11,13-14H2,1H3;1H/p-1. The maximum Gasteiger partial charge on any atom is 0.0491 e. The average molecular weight is 427 g/mol. The monoisotopic (exact) mass is 425 g/mol. The summed E-state index contributed by atoms with van der Waals surface area (Å²) in [5.74, 6) is 0. The Morgan fingerprint density at radius 1 is 1.07 bits per heavy atom. The van der Waals surface area contributed by atoms with E-state index in [1.165, 1.54) is 16.5 Å². The second kappa shape index (κ2) is 10.9. The van der Waals surface area contributed by atoms with Crippen molar-refractivity contribution in [2.75, 3.05) is 19.8 Å². The number of rotatable bonds is 9. The predicted molar refractivity (Wildman–Crippen MR) is 110 cm³/mol. The molecule has 0 spiro atoms. The van der Waals surface area contributed by atoms with Crippen molar-refractivity contribution in [3.63, 3.8) is 0 Å². The summed E-state index contributed by atoms with van der Waals surface area (Å²) in [5, 5.41) is 6.15. The first-order valence-electron chi connectivity index (χ1n) is 8.98. The number of ether oxygens (including phenoxy) is 1. The highest BCUT2D eigenvalue weighted by Crippen LogP contribution is 2.26. The predicted octanol–water partition coefficient (Wildman–Crippen LogP) is 2.52. The lowest BCUT2D eigenvalue weighted by molar-refractivity contribution is -0.00000595. The number of hydrogen-bond acceptors (Lipinski definition) is 2. The van der Waals surface area contributed by atoms with Crippen LogP contribution >= 0.6 is 23.2 Å². The van der Waals surface area contributed by atoms with Crippen molar-refractivity contribution in [2.45, 2.75) is 26.4 Å². The molecule has 0 radical (unpaired) electrons. The summed E-state index contributed by atoms with van der Waals surface area (Å²) in [6, 6.07) is 14.2. The normalized spacial score (nSPS) is 10.9. The number of halogens is 3. The Balaban J connectivity index is 0.00000261. The van der Waals surface area contributed by atoms with E-state index >= 15 is 0 Å². The second-order valence-electron chi connectivity index (χ2n) is 6.26. The van der Waals surface area contributed by atoms with E-state index in [0.29, 0.717) is 10.0 Å². The van der Waals surface area contributed by atoms with Gasteiger partial charge in [-0.3, -0.25) is 0 Å². The van der Waals surface area contributed by atoms with Crippen LogP contribution in [-0.2, 0) is 17.8 Å². The fraction of sp³-hybridized carbons (Fsp3) is 0.333. The molecule has 0 aliphatic rings. The molecule has 1 heterocycles. The van der Waals surface area contributed by atoms with Gasteiger partial charge in [0.1, 0.15) is 0 Å². The number of nitrogens with zero attached hydrogens (tertiary/aromatic N) is 1. The van der Waals surface area contributed by atoms with Gasteiger partial charge in [0.05, 0.1) is 0 Å². The number of benzene rings is 2. The van der Waals surface area contributed by atoms with E-state index in [9.17, 15) is 0 Å². The van der Waals surface area contributed by atoms with Crippen LogP contribution in [0, 0.1) is 0 Å². The van der Waals surface area contributed by atoms with Crippen molar-refractivity contribution in [2.24, 2.45) is 0 Å². The van der Waals surface area contributed by atoms with Crippen LogP contribution in [0.4, 0.5) is 0 Å². The Hall–Kier alpha value is -1.23. The van der Waals surface area contributed by atoms with Crippen LogP contribution in [0.5, 0.6) is 0 Å². The Morgan fingerprint density at radius 3 is 2.67 bits per heavy atom. The van der Waals surface area contributed by atoms with Gasteiger partial charge in [-0.2, -0.15) is 0 Å². The zero-order valence-corrected chi connectivity index (χ0v) is 17.6. The topological polar surface area (TPSA) is 26.2 Å². The van der Waals surface area contributed by atoms with Crippen LogP contribution in [0.15, 0.2) is 48.7 Å². The van der Waals surface area contributed by atoms with E-state index in [0.717, 1.165) is 44.8 Å². The van der Waals surface area contributed by atoms with Crippen LogP contribution in [0.2, 0.25) is 10.0 Å². The first kappa shape index (κ1) is 22.1. The molecule has 3 aromatic rings. The summed E-state index contributed by atoms with van der Waals surface area (Å²) in [6.45, 7) is 6.12. The lowest BCUT2D eigenvalue weighted by Crippen LogP contribution is -3.00. The zero-order valence-electron chi connectivity index (χ0n) is 15.4. The molecule has 0 unspecified atom stereocenters. The van der Waals surface area contributed by atoms with E-state index < -0.39 is 0 Å². The van der Waals surface area contributed by atoms with Gasteiger partial charge < -0.3 is 27.0 Å². The molecule has 0 fully saturated rings. The number of hydrogen-bond donors (Lipinski definition) is 1. The van der Waals surface area contributed by atoms with Crippen LogP contribution in [-0.4, -0.2) is 24.3 Å². The molecule has 0 bridgehead atoms. The molecule has 146 valence electrons. The van der Waals surface area contributed by atoms with Gasteiger partial charge in [0.25, 0.3) is 0 Å². The largest absolute Gasteiger partial charge is 1.00 e. The fourth-order valence-electron chi connectivity index (χ4n) is 3.09. The highest BCUT2D eigenvalue weighted by Gasteiger charge is 2.10. The Morgan fingerprint density at radius 2 is 1.89 bits per heavy atom. The molecule has 27 heavy (non-hydrogen) atoms. The van der Waals surface area contributed by atoms with Crippen molar-refractivity contribution < 1.29 is 17.1 Å². The van der Waals surface area contributed by atoms with Gasteiger partial charge in [-0.05, 0) is 49.2 Å². The van der Waals surface area contributed by atoms with Gasteiger partial charge in [0, 0.05) is 53.4 Å². The molecule has 1 N–H and O–H groups in total. The summed E-state index contributed by atoms with van der Waals surface area (Å²) in [4.78, 5) is 0. The molecule has 3 rings (SSSR count). The third-order valence-electron chi connectivity index (χ3n) is 4.39. The lowest BCUT2D eigenvalue weighted by Gasteiger charge is -2.08. The molecule has 0 atom stereocenters. The summed E-state index contributed by atoms with van der Waals surface area (Å²) in [6.07, 6.45) is 3.23. The number of nitrogens with one attached hydrogen (secondary N) is 1. The lowest BCUT2D eigenvalue weighted by atomic mass is 10.2. The molecule has 0 aliphatic carbocycles. The summed E-state index contributed by atoms with van der Waals surface area (Å²) >= 11 is 12.4. The molecule has 0 saturated heterocycles. The van der Waals surface area contributed by atoms with Gasteiger partial charge in [0.15, 0.2) is 0 Å². The summed E-state index contributed by atoms with van der Waals surface area (Å²) in [7, 11) is 0. The Bertz CT molecular complexity index is 864.